The molecular weight excluding hydrogens is 264 g/mol. The molecule has 0 aromatic carbocycles. The van der Waals surface area contributed by atoms with Crippen LogP contribution in [0, 0.1) is 0 Å². The minimum atomic E-state index is -3.19. The van der Waals surface area contributed by atoms with Gasteiger partial charge in [0, 0.05) is 26.1 Å². The highest BCUT2D eigenvalue weighted by atomic mass is 32.2. The van der Waals surface area contributed by atoms with E-state index in [9.17, 15) is 13.2 Å². The number of likely N-dealkylation sites (tertiary alicyclic amines) is 1. The summed E-state index contributed by atoms with van der Waals surface area (Å²) < 4.78 is 25.0. The number of rotatable bonds is 3. The van der Waals surface area contributed by atoms with E-state index in [4.69, 9.17) is 0 Å². The van der Waals surface area contributed by atoms with Gasteiger partial charge in [-0.3, -0.25) is 4.79 Å². The molecule has 0 unspecified atom stereocenters. The fraction of sp³-hybridized carbons (Fsp3) is 0.769. The number of hydrogen-bond acceptors (Lipinski definition) is 3. The largest absolute Gasteiger partial charge is 0.332 e. The molecule has 2 aliphatic heterocycles. The average Bonchev–Trinajstić information content (AvgIpc) is 2.33. The Hall–Kier alpha value is -0.880. The molecule has 6 heteroatoms. The maximum absolute atomic E-state index is 12.1. The second-order valence-electron chi connectivity index (χ2n) is 5.57. The number of carbonyl (C=O) groups excluding carboxylic acids is 1. The number of sulfonamides is 1. The lowest BCUT2D eigenvalue weighted by Crippen LogP contribution is -2.62. The highest BCUT2D eigenvalue weighted by Gasteiger charge is 2.46. The van der Waals surface area contributed by atoms with Gasteiger partial charge in [0.25, 0.3) is 0 Å². The molecule has 19 heavy (non-hydrogen) atoms. The first-order valence-electron chi connectivity index (χ1n) is 6.75. The Kier molecular flexibility index (Phi) is 4.01. The van der Waals surface area contributed by atoms with Crippen LogP contribution in [0.5, 0.6) is 0 Å². The van der Waals surface area contributed by atoms with Gasteiger partial charge in [0.15, 0.2) is 0 Å². The van der Waals surface area contributed by atoms with Crippen LogP contribution < -0.4 is 0 Å². The van der Waals surface area contributed by atoms with E-state index >= 15 is 0 Å². The van der Waals surface area contributed by atoms with Gasteiger partial charge >= 0.3 is 0 Å². The number of amides is 1. The molecule has 0 aromatic rings. The second kappa shape index (κ2) is 5.25. The van der Waals surface area contributed by atoms with Crippen molar-refractivity contribution in [3.8, 4) is 0 Å². The Labute approximate surface area is 115 Å². The molecule has 0 N–H and O–H groups in total. The van der Waals surface area contributed by atoms with Crippen molar-refractivity contribution in [1.82, 2.24) is 9.21 Å². The van der Waals surface area contributed by atoms with Crippen LogP contribution in [0.25, 0.3) is 0 Å². The van der Waals surface area contributed by atoms with E-state index in [0.717, 1.165) is 25.7 Å². The minimum absolute atomic E-state index is 0.126. The van der Waals surface area contributed by atoms with Crippen molar-refractivity contribution in [2.75, 3.05) is 25.9 Å². The predicted molar refractivity (Wildman–Crippen MR) is 74.1 cm³/mol. The molecule has 108 valence electrons. The van der Waals surface area contributed by atoms with Gasteiger partial charge in [0.1, 0.15) is 0 Å². The first kappa shape index (κ1) is 14.5. The van der Waals surface area contributed by atoms with E-state index in [0.29, 0.717) is 26.1 Å². The molecule has 2 saturated heterocycles. The molecule has 0 saturated carbocycles. The summed E-state index contributed by atoms with van der Waals surface area (Å²) in [6.45, 7) is 5.22. The monoisotopic (exact) mass is 286 g/mol. The summed E-state index contributed by atoms with van der Waals surface area (Å²) in [5, 5.41) is 0. The van der Waals surface area contributed by atoms with Crippen LogP contribution >= 0.6 is 0 Å². The molecule has 1 atom stereocenters. The fourth-order valence-corrected chi connectivity index (χ4v) is 4.24. The lowest BCUT2D eigenvalue weighted by molar-refractivity contribution is -0.143. The van der Waals surface area contributed by atoms with Crippen LogP contribution in [0.4, 0.5) is 0 Å². The highest BCUT2D eigenvalue weighted by Crippen LogP contribution is 2.37. The zero-order valence-electron chi connectivity index (χ0n) is 11.5. The third-order valence-corrected chi connectivity index (χ3v) is 5.46. The van der Waals surface area contributed by atoms with Crippen molar-refractivity contribution in [3.63, 3.8) is 0 Å². The summed E-state index contributed by atoms with van der Waals surface area (Å²) >= 11 is 0. The van der Waals surface area contributed by atoms with Crippen molar-refractivity contribution in [1.29, 1.82) is 0 Å². The summed E-state index contributed by atoms with van der Waals surface area (Å²) in [5.74, 6) is 0.126. The van der Waals surface area contributed by atoms with Crippen molar-refractivity contribution >= 4 is 15.9 Å². The summed E-state index contributed by atoms with van der Waals surface area (Å²) in [5.41, 5.74) is -0.315. The molecule has 0 radical (unpaired) electrons. The maximum atomic E-state index is 12.1. The van der Waals surface area contributed by atoms with Gasteiger partial charge in [-0.25, -0.2) is 8.42 Å². The summed E-state index contributed by atoms with van der Waals surface area (Å²) in [7, 11) is -3.19. The second-order valence-corrected chi connectivity index (χ2v) is 7.55. The van der Waals surface area contributed by atoms with Crippen LogP contribution in [-0.2, 0) is 14.8 Å². The molecule has 1 spiro atoms. The third kappa shape index (κ3) is 2.84. The van der Waals surface area contributed by atoms with Gasteiger partial charge < -0.3 is 4.90 Å². The predicted octanol–water partition coefficient (Wildman–Crippen LogP) is 0.979. The zero-order valence-corrected chi connectivity index (χ0v) is 12.3. The Bertz CT molecular complexity index is 470. The van der Waals surface area contributed by atoms with Gasteiger partial charge in [0.05, 0.1) is 11.8 Å². The summed E-state index contributed by atoms with van der Waals surface area (Å²) in [6.07, 6.45) is 6.97. The van der Waals surface area contributed by atoms with E-state index in [-0.39, 0.29) is 11.4 Å². The van der Waals surface area contributed by atoms with Crippen LogP contribution in [-0.4, -0.2) is 55.0 Å². The summed E-state index contributed by atoms with van der Waals surface area (Å²) in [4.78, 5) is 14.0. The Morgan fingerprint density at radius 3 is 2.68 bits per heavy atom. The van der Waals surface area contributed by atoms with Crippen molar-refractivity contribution < 1.29 is 13.2 Å². The molecule has 0 bridgehead atoms. The zero-order chi connectivity index (χ0) is 14.1. The molecule has 2 fully saturated rings. The molecule has 2 heterocycles. The summed E-state index contributed by atoms with van der Waals surface area (Å²) in [6, 6.07) is 0. The first-order valence-corrected chi connectivity index (χ1v) is 8.60. The average molecular weight is 286 g/mol. The number of nitrogens with zero attached hydrogens (tertiary/aromatic N) is 2. The van der Waals surface area contributed by atoms with E-state index in [1.807, 2.05) is 4.90 Å². The highest BCUT2D eigenvalue weighted by molar-refractivity contribution is 7.88. The smallest absolute Gasteiger partial charge is 0.223 e. The van der Waals surface area contributed by atoms with Crippen molar-refractivity contribution in [3.05, 3.63) is 12.7 Å². The molecule has 5 nitrogen and oxygen atoms in total. The van der Waals surface area contributed by atoms with Crippen LogP contribution in [0.1, 0.15) is 32.1 Å². The van der Waals surface area contributed by atoms with Crippen molar-refractivity contribution in [2.45, 2.75) is 37.6 Å². The van der Waals surface area contributed by atoms with Gasteiger partial charge in [-0.05, 0) is 25.7 Å². The minimum Gasteiger partial charge on any atom is -0.332 e. The van der Waals surface area contributed by atoms with Gasteiger partial charge in [-0.1, -0.05) is 6.08 Å². The lowest BCUT2D eigenvalue weighted by Gasteiger charge is -2.51. The first-order chi connectivity index (χ1) is 8.89. The van der Waals surface area contributed by atoms with Crippen LogP contribution in [0.15, 0.2) is 12.7 Å². The van der Waals surface area contributed by atoms with E-state index in [1.165, 1.54) is 10.6 Å². The number of carbonyl (C=O) groups is 1. The van der Waals surface area contributed by atoms with Gasteiger partial charge in [-0.2, -0.15) is 4.31 Å². The SMILES string of the molecule is C=CCN1C(=O)CCC[C@]12CCCN(S(C)(=O)=O)C2. The molecule has 1 amide bonds. The molecule has 2 rings (SSSR count). The molecule has 2 aliphatic rings. The van der Waals surface area contributed by atoms with Crippen LogP contribution in [0.3, 0.4) is 0 Å². The Morgan fingerprint density at radius 2 is 2.05 bits per heavy atom. The van der Waals surface area contributed by atoms with E-state index in [2.05, 4.69) is 6.58 Å². The number of hydrogen-bond donors (Lipinski definition) is 0. The Morgan fingerprint density at radius 1 is 1.37 bits per heavy atom. The molecule has 0 aromatic heterocycles. The normalized spacial score (nSPS) is 29.7. The topological polar surface area (TPSA) is 57.7 Å². The van der Waals surface area contributed by atoms with Crippen LogP contribution in [0.2, 0.25) is 0 Å². The Balaban J connectivity index is 2.27. The maximum Gasteiger partial charge on any atom is 0.223 e. The molecule has 0 aliphatic carbocycles. The molecular formula is C13H22N2O3S. The fourth-order valence-electron chi connectivity index (χ4n) is 3.31. The van der Waals surface area contributed by atoms with Gasteiger partial charge in [-0.15, -0.1) is 6.58 Å². The third-order valence-electron chi connectivity index (χ3n) is 4.21. The van der Waals surface area contributed by atoms with Crippen molar-refractivity contribution in [2.24, 2.45) is 0 Å². The van der Waals surface area contributed by atoms with Gasteiger partial charge in [0.2, 0.25) is 15.9 Å². The number of piperidine rings is 2. The van der Waals surface area contributed by atoms with E-state index in [1.54, 1.807) is 6.08 Å². The lowest BCUT2D eigenvalue weighted by atomic mass is 9.80. The standard InChI is InChI=1S/C13H22N2O3S/c1-3-9-15-12(16)6-4-7-13(15)8-5-10-14(11-13)19(2,17)18/h3H,1,4-11H2,2H3/t13-/m1/s1. The quantitative estimate of drug-likeness (QED) is 0.727. The van der Waals surface area contributed by atoms with E-state index < -0.39 is 10.0 Å².